The van der Waals surface area contributed by atoms with Crippen LogP contribution < -0.4 is 4.90 Å². The molecule has 4 heteroatoms. The van der Waals surface area contributed by atoms with Crippen LogP contribution >= 0.6 is 0 Å². The van der Waals surface area contributed by atoms with Crippen molar-refractivity contribution in [3.63, 3.8) is 0 Å². The molecule has 0 atom stereocenters. The summed E-state index contributed by atoms with van der Waals surface area (Å²) in [5.74, 6) is -0.230. The summed E-state index contributed by atoms with van der Waals surface area (Å²) in [6.45, 7) is 0.663. The highest BCUT2D eigenvalue weighted by Crippen LogP contribution is 2.30. The number of hydrogen-bond acceptors (Lipinski definition) is 3. The van der Waals surface area contributed by atoms with Crippen LogP contribution in [-0.4, -0.2) is 25.5 Å². The van der Waals surface area contributed by atoms with Crippen LogP contribution in [0.1, 0.15) is 27.9 Å². The zero-order valence-electron chi connectivity index (χ0n) is 15.3. The predicted octanol–water partition coefficient (Wildman–Crippen LogP) is 4.15. The quantitative estimate of drug-likeness (QED) is 0.658. The molecular formula is C23H21NO3. The topological polar surface area (TPSA) is 46.6 Å². The fourth-order valence-corrected chi connectivity index (χ4v) is 3.69. The molecule has 0 spiro atoms. The number of benzene rings is 3. The Balaban J connectivity index is 1.46. The van der Waals surface area contributed by atoms with Gasteiger partial charge in [-0.2, -0.15) is 0 Å². The van der Waals surface area contributed by atoms with Gasteiger partial charge in [-0.15, -0.1) is 0 Å². The maximum atomic E-state index is 12.8. The van der Waals surface area contributed by atoms with Crippen molar-refractivity contribution in [1.82, 2.24) is 0 Å². The zero-order chi connectivity index (χ0) is 18.8. The van der Waals surface area contributed by atoms with Crippen molar-refractivity contribution in [3.05, 3.63) is 77.4 Å². The maximum absolute atomic E-state index is 12.8. The normalized spacial score (nSPS) is 12.9. The van der Waals surface area contributed by atoms with E-state index < -0.39 is 0 Å². The summed E-state index contributed by atoms with van der Waals surface area (Å²) < 4.78 is 4.77. The number of amides is 1. The van der Waals surface area contributed by atoms with E-state index >= 15 is 0 Å². The summed E-state index contributed by atoms with van der Waals surface area (Å²) in [5, 5.41) is 2.41. The molecule has 0 bridgehead atoms. The first-order chi connectivity index (χ1) is 13.2. The summed E-state index contributed by atoms with van der Waals surface area (Å²) in [4.78, 5) is 26.3. The van der Waals surface area contributed by atoms with Crippen LogP contribution in [0.4, 0.5) is 5.69 Å². The fraction of sp³-hybridized carbons (Fsp3) is 0.217. The van der Waals surface area contributed by atoms with E-state index in [4.69, 9.17) is 4.74 Å². The molecular weight excluding hydrogens is 338 g/mol. The highest BCUT2D eigenvalue weighted by Gasteiger charge is 2.25. The number of rotatable bonds is 4. The minimum atomic E-state index is -0.348. The molecule has 0 aliphatic carbocycles. The van der Waals surface area contributed by atoms with Gasteiger partial charge < -0.3 is 9.64 Å². The summed E-state index contributed by atoms with van der Waals surface area (Å²) in [7, 11) is 1.37. The van der Waals surface area contributed by atoms with E-state index in [9.17, 15) is 9.59 Å². The van der Waals surface area contributed by atoms with Crippen LogP contribution in [0.15, 0.2) is 60.7 Å². The van der Waals surface area contributed by atoms with Gasteiger partial charge in [0, 0.05) is 18.7 Å². The number of nitrogens with zero attached hydrogens (tertiary/aromatic N) is 1. The lowest BCUT2D eigenvalue weighted by Gasteiger charge is -2.17. The van der Waals surface area contributed by atoms with Gasteiger partial charge in [0.25, 0.3) is 0 Å². The molecule has 0 radical (unpaired) electrons. The van der Waals surface area contributed by atoms with Crippen LogP contribution in [0.2, 0.25) is 0 Å². The lowest BCUT2D eigenvalue weighted by molar-refractivity contribution is -0.118. The Bertz CT molecular complexity index is 1030. The number of esters is 1. The van der Waals surface area contributed by atoms with E-state index in [0.29, 0.717) is 18.5 Å². The highest BCUT2D eigenvalue weighted by atomic mass is 16.5. The Morgan fingerprint density at radius 1 is 1.00 bits per heavy atom. The van der Waals surface area contributed by atoms with Crippen molar-refractivity contribution >= 4 is 28.3 Å². The van der Waals surface area contributed by atoms with E-state index in [-0.39, 0.29) is 11.9 Å². The molecule has 4 rings (SSSR count). The largest absolute Gasteiger partial charge is 0.465 e. The Morgan fingerprint density at radius 3 is 2.63 bits per heavy atom. The molecule has 136 valence electrons. The van der Waals surface area contributed by atoms with Gasteiger partial charge in [-0.25, -0.2) is 4.79 Å². The number of aryl methyl sites for hydroxylation is 1. The minimum absolute atomic E-state index is 0.118. The molecule has 0 aromatic heterocycles. The second kappa shape index (κ2) is 7.23. The summed E-state index contributed by atoms with van der Waals surface area (Å²) in [5.41, 5.74) is 3.63. The lowest BCUT2D eigenvalue weighted by atomic mass is 10.0. The number of carbonyl (C=O) groups is 2. The molecule has 1 aliphatic heterocycles. The van der Waals surface area contributed by atoms with Gasteiger partial charge in [0.15, 0.2) is 0 Å². The van der Waals surface area contributed by atoms with E-state index in [0.717, 1.165) is 24.1 Å². The molecule has 0 saturated carbocycles. The van der Waals surface area contributed by atoms with Gasteiger partial charge in [0.2, 0.25) is 5.91 Å². The van der Waals surface area contributed by atoms with Crippen LogP contribution in [0.5, 0.6) is 0 Å². The van der Waals surface area contributed by atoms with E-state index in [2.05, 4.69) is 30.3 Å². The van der Waals surface area contributed by atoms with Crippen LogP contribution in [-0.2, 0) is 22.4 Å². The average molecular weight is 359 g/mol. The fourth-order valence-electron chi connectivity index (χ4n) is 3.69. The zero-order valence-corrected chi connectivity index (χ0v) is 15.3. The van der Waals surface area contributed by atoms with Gasteiger partial charge in [-0.05, 0) is 52.9 Å². The molecule has 1 amide bonds. The highest BCUT2D eigenvalue weighted by molar-refractivity contribution is 5.97. The first-order valence-electron chi connectivity index (χ1n) is 9.15. The molecule has 0 N–H and O–H groups in total. The molecule has 1 aliphatic rings. The van der Waals surface area contributed by atoms with Gasteiger partial charge >= 0.3 is 5.97 Å². The molecule has 0 fully saturated rings. The third-order valence-corrected chi connectivity index (χ3v) is 5.14. The molecule has 0 unspecified atom stereocenters. The Morgan fingerprint density at radius 2 is 1.81 bits per heavy atom. The van der Waals surface area contributed by atoms with Crippen LogP contribution in [0.3, 0.4) is 0 Å². The third-order valence-electron chi connectivity index (χ3n) is 5.14. The van der Waals surface area contributed by atoms with E-state index in [1.54, 1.807) is 6.07 Å². The number of carbonyl (C=O) groups excluding carboxylic acids is 2. The molecule has 3 aromatic rings. The van der Waals surface area contributed by atoms with Gasteiger partial charge in [-0.1, -0.05) is 42.5 Å². The lowest BCUT2D eigenvalue weighted by Crippen LogP contribution is -2.29. The average Bonchev–Trinajstić information content (AvgIpc) is 3.14. The van der Waals surface area contributed by atoms with Crippen molar-refractivity contribution in [2.24, 2.45) is 0 Å². The summed E-state index contributed by atoms with van der Waals surface area (Å²) in [6, 6.07) is 20.0. The molecule has 3 aromatic carbocycles. The van der Waals surface area contributed by atoms with Gasteiger partial charge in [0.1, 0.15) is 0 Å². The molecule has 1 heterocycles. The number of anilines is 1. The monoisotopic (exact) mass is 359 g/mol. The van der Waals surface area contributed by atoms with Gasteiger partial charge in [-0.3, -0.25) is 4.79 Å². The molecule has 0 saturated heterocycles. The van der Waals surface area contributed by atoms with Crippen molar-refractivity contribution in [2.75, 3.05) is 18.6 Å². The number of methoxy groups -OCH3 is 1. The van der Waals surface area contributed by atoms with Crippen molar-refractivity contribution in [3.8, 4) is 0 Å². The summed E-state index contributed by atoms with van der Waals surface area (Å²) >= 11 is 0. The molecule has 27 heavy (non-hydrogen) atoms. The van der Waals surface area contributed by atoms with E-state index in [1.807, 2.05) is 29.2 Å². The second-order valence-electron chi connectivity index (χ2n) is 6.81. The van der Waals surface area contributed by atoms with Crippen molar-refractivity contribution in [1.29, 1.82) is 0 Å². The van der Waals surface area contributed by atoms with E-state index in [1.165, 1.54) is 23.4 Å². The SMILES string of the molecule is COC(=O)c1ccc2c(c1)CCN2C(=O)CCc1ccc2ccccc2c1. The minimum Gasteiger partial charge on any atom is -0.465 e. The first-order valence-corrected chi connectivity index (χ1v) is 9.15. The van der Waals surface area contributed by atoms with Crippen LogP contribution in [0.25, 0.3) is 10.8 Å². The second-order valence-corrected chi connectivity index (χ2v) is 6.81. The Kier molecular flexibility index (Phi) is 4.63. The smallest absolute Gasteiger partial charge is 0.337 e. The summed E-state index contributed by atoms with van der Waals surface area (Å²) in [6.07, 6.45) is 1.95. The molecule has 4 nitrogen and oxygen atoms in total. The maximum Gasteiger partial charge on any atom is 0.337 e. The van der Waals surface area contributed by atoms with Crippen LogP contribution in [0, 0.1) is 0 Å². The number of ether oxygens (including phenoxy) is 1. The Labute approximate surface area is 158 Å². The van der Waals surface area contributed by atoms with Gasteiger partial charge in [0.05, 0.1) is 12.7 Å². The number of fused-ring (bicyclic) bond motifs is 2. The number of hydrogen-bond donors (Lipinski definition) is 0. The Hall–Kier alpha value is -3.14. The first kappa shape index (κ1) is 17.3. The van der Waals surface area contributed by atoms with Crippen molar-refractivity contribution in [2.45, 2.75) is 19.3 Å². The standard InChI is InChI=1S/C23H21NO3/c1-27-23(26)20-9-10-21-19(15-20)12-13-24(21)22(25)11-7-16-6-8-17-4-2-3-5-18(17)14-16/h2-6,8-10,14-15H,7,11-13H2,1H3. The van der Waals surface area contributed by atoms with Crippen molar-refractivity contribution < 1.29 is 14.3 Å². The predicted molar refractivity (Wildman–Crippen MR) is 106 cm³/mol. The third kappa shape index (κ3) is 3.43.